The molecule has 0 aliphatic carbocycles. The standard InChI is InChI=1S/C12H14ClNO3S3/c1-8-3-6-12(18-8)20(15,16)14-7-9(17-2)10-4-5-11(13)19-10/h3-6,9,14H,7H2,1-2H3. The smallest absolute Gasteiger partial charge is 0.250 e. The van der Waals surface area contributed by atoms with Crippen LogP contribution in [0.4, 0.5) is 0 Å². The third kappa shape index (κ3) is 3.81. The first kappa shape index (κ1) is 15.9. The Kier molecular flexibility index (Phi) is 5.22. The molecule has 0 aromatic carbocycles. The van der Waals surface area contributed by atoms with Gasteiger partial charge >= 0.3 is 0 Å². The second-order valence-corrected chi connectivity index (χ2v) is 9.11. The van der Waals surface area contributed by atoms with Crippen LogP contribution in [-0.4, -0.2) is 22.1 Å². The lowest BCUT2D eigenvalue weighted by molar-refractivity contribution is 0.110. The minimum absolute atomic E-state index is 0.173. The zero-order chi connectivity index (χ0) is 14.8. The summed E-state index contributed by atoms with van der Waals surface area (Å²) in [6, 6.07) is 6.99. The van der Waals surface area contributed by atoms with Crippen LogP contribution in [0.3, 0.4) is 0 Å². The van der Waals surface area contributed by atoms with E-state index in [9.17, 15) is 8.42 Å². The first-order chi connectivity index (χ1) is 9.42. The van der Waals surface area contributed by atoms with E-state index >= 15 is 0 Å². The van der Waals surface area contributed by atoms with Gasteiger partial charge in [-0.2, -0.15) is 0 Å². The van der Waals surface area contributed by atoms with Gasteiger partial charge in [0.25, 0.3) is 0 Å². The summed E-state index contributed by atoms with van der Waals surface area (Å²) < 4.78 is 33.1. The van der Waals surface area contributed by atoms with Crippen molar-refractivity contribution in [3.63, 3.8) is 0 Å². The summed E-state index contributed by atoms with van der Waals surface area (Å²) in [7, 11) is -1.94. The van der Waals surface area contributed by atoms with Crippen molar-refractivity contribution in [1.29, 1.82) is 0 Å². The molecule has 1 unspecified atom stereocenters. The molecular formula is C12H14ClNO3S3. The number of thiophene rings is 2. The lowest BCUT2D eigenvalue weighted by Gasteiger charge is -2.14. The Morgan fingerprint density at radius 1 is 1.30 bits per heavy atom. The fourth-order valence-electron chi connectivity index (χ4n) is 1.61. The number of halogens is 1. The third-order valence-electron chi connectivity index (χ3n) is 2.64. The highest BCUT2D eigenvalue weighted by Gasteiger charge is 2.20. The van der Waals surface area contributed by atoms with Gasteiger partial charge in [0.15, 0.2) is 0 Å². The van der Waals surface area contributed by atoms with Crippen molar-refractivity contribution in [2.75, 3.05) is 13.7 Å². The quantitative estimate of drug-likeness (QED) is 0.867. The van der Waals surface area contributed by atoms with Crippen molar-refractivity contribution >= 4 is 44.3 Å². The number of rotatable bonds is 6. The van der Waals surface area contributed by atoms with Gasteiger partial charge < -0.3 is 4.74 Å². The average molecular weight is 352 g/mol. The van der Waals surface area contributed by atoms with Crippen LogP contribution < -0.4 is 4.72 Å². The predicted molar refractivity (Wildman–Crippen MR) is 83.3 cm³/mol. The van der Waals surface area contributed by atoms with Crippen LogP contribution in [0.15, 0.2) is 28.5 Å². The molecule has 8 heteroatoms. The lowest BCUT2D eigenvalue weighted by atomic mass is 10.3. The maximum atomic E-state index is 12.1. The molecule has 2 rings (SSSR count). The molecule has 20 heavy (non-hydrogen) atoms. The van der Waals surface area contributed by atoms with Gasteiger partial charge in [0.1, 0.15) is 10.3 Å². The second-order valence-electron chi connectivity index (χ2n) is 4.08. The van der Waals surface area contributed by atoms with Gasteiger partial charge in [-0.05, 0) is 31.2 Å². The molecule has 0 saturated heterocycles. The summed E-state index contributed by atoms with van der Waals surface area (Å²) in [5.41, 5.74) is 0. The van der Waals surface area contributed by atoms with E-state index in [1.165, 1.54) is 22.7 Å². The predicted octanol–water partition coefficient (Wildman–Crippen LogP) is 3.44. The van der Waals surface area contributed by atoms with Gasteiger partial charge in [0, 0.05) is 23.4 Å². The molecule has 1 N–H and O–H groups in total. The average Bonchev–Trinajstić information content (AvgIpc) is 2.99. The van der Waals surface area contributed by atoms with Crippen LogP contribution in [0.1, 0.15) is 15.9 Å². The molecule has 1 atom stereocenters. The van der Waals surface area contributed by atoms with Crippen LogP contribution in [-0.2, 0) is 14.8 Å². The molecular weight excluding hydrogens is 338 g/mol. The summed E-state index contributed by atoms with van der Waals surface area (Å²) in [4.78, 5) is 1.85. The van der Waals surface area contributed by atoms with Gasteiger partial charge in [0.2, 0.25) is 10.0 Å². The third-order valence-corrected chi connectivity index (χ3v) is 6.87. The normalized spacial score (nSPS) is 13.6. The Bertz CT molecular complexity index is 678. The minimum atomic E-state index is -3.49. The van der Waals surface area contributed by atoms with E-state index < -0.39 is 10.0 Å². The summed E-state index contributed by atoms with van der Waals surface area (Å²) >= 11 is 8.50. The van der Waals surface area contributed by atoms with Crippen LogP contribution in [0.2, 0.25) is 4.34 Å². The fourth-order valence-corrected chi connectivity index (χ4v) is 5.11. The van der Waals surface area contributed by atoms with E-state index in [4.69, 9.17) is 16.3 Å². The Labute approximate surface area is 131 Å². The molecule has 0 aliphatic heterocycles. The number of aryl methyl sites for hydroxylation is 1. The first-order valence-corrected chi connectivity index (χ1v) is 9.26. The summed E-state index contributed by atoms with van der Waals surface area (Å²) in [6.45, 7) is 2.04. The van der Waals surface area contributed by atoms with Gasteiger partial charge in [-0.25, -0.2) is 13.1 Å². The van der Waals surface area contributed by atoms with Crippen LogP contribution in [0.5, 0.6) is 0 Å². The van der Waals surface area contributed by atoms with Gasteiger partial charge in [0.05, 0.1) is 4.34 Å². The highest BCUT2D eigenvalue weighted by molar-refractivity contribution is 7.91. The zero-order valence-corrected chi connectivity index (χ0v) is 14.1. The number of nitrogens with one attached hydrogen (secondary N) is 1. The summed E-state index contributed by atoms with van der Waals surface area (Å²) in [6.07, 6.45) is -0.344. The van der Waals surface area contributed by atoms with Crippen LogP contribution >= 0.6 is 34.3 Å². The Hall–Kier alpha value is -0.440. The van der Waals surface area contributed by atoms with Crippen molar-refractivity contribution < 1.29 is 13.2 Å². The lowest BCUT2D eigenvalue weighted by Crippen LogP contribution is -2.28. The molecule has 0 fully saturated rings. The fraction of sp³-hybridized carbons (Fsp3) is 0.333. The van der Waals surface area contributed by atoms with Gasteiger partial charge in [-0.1, -0.05) is 11.6 Å². The van der Waals surface area contributed by atoms with E-state index in [0.29, 0.717) is 8.55 Å². The van der Waals surface area contributed by atoms with Gasteiger partial charge in [-0.15, -0.1) is 22.7 Å². The minimum Gasteiger partial charge on any atom is -0.375 e. The van der Waals surface area contributed by atoms with Crippen molar-refractivity contribution in [1.82, 2.24) is 4.72 Å². The zero-order valence-electron chi connectivity index (χ0n) is 10.9. The Morgan fingerprint density at radius 3 is 2.55 bits per heavy atom. The molecule has 4 nitrogen and oxygen atoms in total. The monoisotopic (exact) mass is 351 g/mol. The number of hydrogen-bond acceptors (Lipinski definition) is 5. The molecule has 2 aromatic rings. The van der Waals surface area contributed by atoms with Gasteiger partial charge in [-0.3, -0.25) is 0 Å². The largest absolute Gasteiger partial charge is 0.375 e. The summed E-state index contributed by atoms with van der Waals surface area (Å²) in [5, 5.41) is 0. The van der Waals surface area contributed by atoms with E-state index in [2.05, 4.69) is 4.72 Å². The van der Waals surface area contributed by atoms with Crippen LogP contribution in [0, 0.1) is 6.92 Å². The van der Waals surface area contributed by atoms with Crippen molar-refractivity contribution in [3.05, 3.63) is 38.4 Å². The molecule has 110 valence electrons. The molecule has 2 aromatic heterocycles. The molecule has 0 radical (unpaired) electrons. The van der Waals surface area contributed by atoms with Crippen molar-refractivity contribution in [2.24, 2.45) is 0 Å². The highest BCUT2D eigenvalue weighted by atomic mass is 35.5. The van der Waals surface area contributed by atoms with E-state index in [0.717, 1.165) is 9.75 Å². The number of ether oxygens (including phenoxy) is 1. The first-order valence-electron chi connectivity index (χ1n) is 5.76. The molecule has 0 spiro atoms. The number of sulfonamides is 1. The second kappa shape index (κ2) is 6.55. The number of hydrogen-bond donors (Lipinski definition) is 1. The molecule has 2 heterocycles. The summed E-state index contributed by atoms with van der Waals surface area (Å²) in [5.74, 6) is 0. The maximum Gasteiger partial charge on any atom is 0.250 e. The highest BCUT2D eigenvalue weighted by Crippen LogP contribution is 2.29. The Balaban J connectivity index is 2.06. The molecule has 0 amide bonds. The van der Waals surface area contributed by atoms with Crippen LogP contribution in [0.25, 0.3) is 0 Å². The van der Waals surface area contributed by atoms with E-state index in [-0.39, 0.29) is 12.6 Å². The Morgan fingerprint density at radius 2 is 2.05 bits per heavy atom. The SMILES string of the molecule is COC(CNS(=O)(=O)c1ccc(C)s1)c1ccc(Cl)s1. The molecule has 0 aliphatic rings. The number of methoxy groups -OCH3 is 1. The van der Waals surface area contributed by atoms with Crippen molar-refractivity contribution in [3.8, 4) is 0 Å². The van der Waals surface area contributed by atoms with Crippen molar-refractivity contribution in [2.45, 2.75) is 17.2 Å². The van der Waals surface area contributed by atoms with E-state index in [1.807, 2.05) is 13.0 Å². The van der Waals surface area contributed by atoms with E-state index in [1.54, 1.807) is 25.3 Å². The maximum absolute atomic E-state index is 12.1. The molecule has 0 bridgehead atoms. The molecule has 0 saturated carbocycles. The topological polar surface area (TPSA) is 55.4 Å².